The average Bonchev–Trinajstić information content (AvgIpc) is 2.78. The van der Waals surface area contributed by atoms with Crippen molar-refractivity contribution in [2.75, 3.05) is 6.26 Å². The number of nitrogens with zero attached hydrogens (tertiary/aromatic N) is 4. The molecule has 0 saturated carbocycles. The van der Waals surface area contributed by atoms with E-state index >= 15 is 0 Å². The Morgan fingerprint density at radius 1 is 1.14 bits per heavy atom. The molecule has 2 aromatic rings. The number of nitrogens with one attached hydrogen (secondary N) is 1. The Kier molecular flexibility index (Phi) is 2.91. The van der Waals surface area contributed by atoms with Crippen LogP contribution in [0, 0.1) is 0 Å². The maximum absolute atomic E-state index is 12.6. The Bertz CT molecular complexity index is 777. The molecule has 0 fully saturated rings. The molecule has 0 radical (unpaired) electrons. The molecule has 0 amide bonds. The zero-order chi connectivity index (χ0) is 16.0. The third kappa shape index (κ3) is 3.66. The van der Waals surface area contributed by atoms with Crippen molar-refractivity contribution >= 4 is 25.9 Å². The van der Waals surface area contributed by atoms with Crippen molar-refractivity contribution in [1.29, 1.82) is 0 Å². The van der Waals surface area contributed by atoms with E-state index in [1.54, 1.807) is 0 Å². The number of H-pyrrole nitrogens is 1. The van der Waals surface area contributed by atoms with Gasteiger partial charge in [0.05, 0.1) is 9.73 Å². The molecule has 0 saturated heterocycles. The Hall–Kier alpha value is -1.76. The second kappa shape index (κ2) is 3.91. The summed E-state index contributed by atoms with van der Waals surface area (Å²) in [4.78, 5) is -2.23. The topological polar surface area (TPSA) is 83.9 Å². The van der Waals surface area contributed by atoms with E-state index < -0.39 is 24.8 Å². The number of hydrogen-bond acceptors (Lipinski definition) is 5. The van der Waals surface area contributed by atoms with Crippen molar-refractivity contribution in [1.82, 2.24) is 20.6 Å². The van der Waals surface area contributed by atoms with E-state index in [-0.39, 0.29) is 23.0 Å². The molecule has 118 valence electrons. The molecule has 2 rings (SSSR count). The van der Waals surface area contributed by atoms with Crippen molar-refractivity contribution in [3.05, 3.63) is 24.3 Å². The lowest BCUT2D eigenvalue weighted by atomic mass is 10.4. The quantitative estimate of drug-likeness (QED) is 0.858. The largest absolute Gasteiger partial charge is 0.310 e. The third-order valence-electron chi connectivity index (χ3n) is 2.30. The Morgan fingerprint density at radius 2 is 1.71 bits per heavy atom. The molecule has 1 aromatic carbocycles. The second-order valence-corrected chi connectivity index (χ2v) is 8.71. The van der Waals surface area contributed by atoms with Crippen molar-refractivity contribution in [2.45, 2.75) is 9.79 Å². The average molecular weight is 349 g/mol. The summed E-state index contributed by atoms with van der Waals surface area (Å²) in [6, 6.07) is 1.70. The van der Waals surface area contributed by atoms with Gasteiger partial charge >= 0.3 is 10.2 Å². The van der Waals surface area contributed by atoms with Gasteiger partial charge in [-0.3, -0.25) is 0 Å². The lowest BCUT2D eigenvalue weighted by Crippen LogP contribution is -2.06. The first-order valence-corrected chi connectivity index (χ1v) is 8.95. The molecule has 1 unspecified atom stereocenters. The summed E-state index contributed by atoms with van der Waals surface area (Å²) in [5.74, 6) is -0.265. The van der Waals surface area contributed by atoms with Crippen LogP contribution in [0.2, 0.25) is 0 Å². The monoisotopic (exact) mass is 349 g/mol. The Balaban J connectivity index is 2.48. The fraction of sp³-hybridized carbons (Fsp3) is 0.125. The SMILES string of the molecule is CS(=O)(=Nc1nn[nH]n1)c1ccc(S(F)(F)(F)(F)F)cc1. The zero-order valence-electron chi connectivity index (χ0n) is 10.2. The number of aromatic amines is 1. The van der Waals surface area contributed by atoms with Crippen LogP contribution in [0.1, 0.15) is 0 Å². The zero-order valence-corrected chi connectivity index (χ0v) is 11.8. The number of tetrazole rings is 1. The summed E-state index contributed by atoms with van der Waals surface area (Å²) in [6.07, 6.45) is 1.11. The van der Waals surface area contributed by atoms with E-state index in [1.165, 1.54) is 0 Å². The van der Waals surface area contributed by atoms with E-state index in [0.29, 0.717) is 12.1 Å². The normalized spacial score (nSPS) is 18.4. The fourth-order valence-corrected chi connectivity index (χ4v) is 3.14. The van der Waals surface area contributed by atoms with Crippen molar-refractivity contribution in [3.63, 3.8) is 0 Å². The van der Waals surface area contributed by atoms with Gasteiger partial charge in [-0.2, -0.15) is 9.58 Å². The van der Waals surface area contributed by atoms with Crippen LogP contribution in [0.3, 0.4) is 0 Å². The van der Waals surface area contributed by atoms with Gasteiger partial charge in [-0.15, -0.1) is 5.10 Å². The molecule has 6 nitrogen and oxygen atoms in total. The lowest BCUT2D eigenvalue weighted by molar-refractivity contribution is 0.364. The van der Waals surface area contributed by atoms with Crippen LogP contribution in [0.25, 0.3) is 0 Å². The minimum Gasteiger partial charge on any atom is -0.245 e. The highest BCUT2D eigenvalue weighted by Crippen LogP contribution is 3.02. The summed E-state index contributed by atoms with van der Waals surface area (Å²) >= 11 is 0. The van der Waals surface area contributed by atoms with E-state index in [1.807, 2.05) is 0 Å². The predicted octanol–water partition coefficient (Wildman–Crippen LogP) is 3.65. The van der Waals surface area contributed by atoms with Gasteiger partial charge < -0.3 is 0 Å². The molecule has 1 atom stereocenters. The van der Waals surface area contributed by atoms with Crippen LogP contribution < -0.4 is 0 Å². The van der Waals surface area contributed by atoms with Gasteiger partial charge in [0, 0.05) is 11.2 Å². The summed E-state index contributed by atoms with van der Waals surface area (Å²) in [5, 5.41) is 12.1. The first kappa shape index (κ1) is 15.6. The number of halogens is 5. The van der Waals surface area contributed by atoms with E-state index in [9.17, 15) is 23.6 Å². The van der Waals surface area contributed by atoms with Crippen LogP contribution in [0.4, 0.5) is 25.4 Å². The first-order valence-electron chi connectivity index (χ1n) is 5.08. The Morgan fingerprint density at radius 3 is 2.14 bits per heavy atom. The fourth-order valence-electron chi connectivity index (χ4n) is 1.35. The second-order valence-electron chi connectivity index (χ2n) is 4.05. The van der Waals surface area contributed by atoms with Gasteiger partial charge in [-0.1, -0.05) is 24.5 Å². The van der Waals surface area contributed by atoms with Gasteiger partial charge in [0.1, 0.15) is 4.90 Å². The highest BCUT2D eigenvalue weighted by atomic mass is 32.5. The number of rotatable bonds is 3. The number of benzene rings is 1. The minimum atomic E-state index is -9.75. The van der Waals surface area contributed by atoms with E-state index in [4.69, 9.17) is 0 Å². The van der Waals surface area contributed by atoms with Crippen LogP contribution in [-0.4, -0.2) is 31.1 Å². The molecule has 0 spiro atoms. The highest BCUT2D eigenvalue weighted by molar-refractivity contribution is 8.45. The smallest absolute Gasteiger partial charge is 0.245 e. The summed E-state index contributed by atoms with van der Waals surface area (Å²) < 4.78 is 78.6. The molecular formula is C8H8F5N5OS2. The van der Waals surface area contributed by atoms with Crippen LogP contribution in [0.5, 0.6) is 0 Å². The molecule has 13 heteroatoms. The summed E-state index contributed by atoms with van der Waals surface area (Å²) in [7, 11) is -12.9. The Labute approximate surface area is 115 Å². The molecule has 0 aliphatic carbocycles. The van der Waals surface area contributed by atoms with Crippen molar-refractivity contribution < 1.29 is 23.6 Å². The molecule has 21 heavy (non-hydrogen) atoms. The third-order valence-corrected chi connectivity index (χ3v) is 5.12. The minimum absolute atomic E-state index is 0.169. The van der Waals surface area contributed by atoms with Gasteiger partial charge in [-0.25, -0.2) is 4.21 Å². The van der Waals surface area contributed by atoms with Crippen LogP contribution in [0.15, 0.2) is 38.4 Å². The molecule has 1 aromatic heterocycles. The summed E-state index contributed by atoms with van der Waals surface area (Å²) in [6.45, 7) is 0. The molecule has 1 heterocycles. The van der Waals surface area contributed by atoms with Crippen molar-refractivity contribution in [3.8, 4) is 0 Å². The first-order chi connectivity index (χ1) is 9.28. The number of hydrogen-bond donors (Lipinski definition) is 1. The standard InChI is InChI=1S/C8H8F5N5OS2/c1-20(19,16-8-14-17-18-15-8)6-2-4-7(5-3-6)21(9,10,11,12)13/h2-5H,1H3,(H,14,15,17,18). The van der Waals surface area contributed by atoms with Gasteiger partial charge in [0.25, 0.3) is 5.95 Å². The lowest BCUT2D eigenvalue weighted by Gasteiger charge is -2.40. The van der Waals surface area contributed by atoms with Gasteiger partial charge in [-0.05, 0) is 29.5 Å². The van der Waals surface area contributed by atoms with Crippen LogP contribution >= 0.6 is 10.2 Å². The maximum atomic E-state index is 12.6. The van der Waals surface area contributed by atoms with E-state index in [2.05, 4.69) is 25.0 Å². The molecule has 0 bridgehead atoms. The predicted molar refractivity (Wildman–Crippen MR) is 66.4 cm³/mol. The van der Waals surface area contributed by atoms with Crippen molar-refractivity contribution in [2.24, 2.45) is 4.36 Å². The molecule has 0 aliphatic heterocycles. The van der Waals surface area contributed by atoms with E-state index in [0.717, 1.165) is 6.26 Å². The molecular weight excluding hydrogens is 341 g/mol. The van der Waals surface area contributed by atoms with Gasteiger partial charge in [0.2, 0.25) is 0 Å². The molecule has 1 N–H and O–H groups in total. The van der Waals surface area contributed by atoms with Gasteiger partial charge in [0.15, 0.2) is 0 Å². The molecule has 0 aliphatic rings. The maximum Gasteiger partial charge on any atom is 0.310 e. The highest BCUT2D eigenvalue weighted by Gasteiger charge is 2.65. The van der Waals surface area contributed by atoms with Crippen LogP contribution in [-0.2, 0) is 9.73 Å². The number of aromatic nitrogens is 4. The summed E-state index contributed by atoms with van der Waals surface area (Å²) in [5.41, 5.74) is 0.